The maximum atomic E-state index is 13.2. The normalized spacial score (nSPS) is 31.2. The molecule has 3 fully saturated rings. The predicted octanol–water partition coefficient (Wildman–Crippen LogP) is 3.09. The first-order valence-electron chi connectivity index (χ1n) is 15.3. The molecule has 0 saturated carbocycles. The molecule has 12 nitrogen and oxygen atoms in total. The Morgan fingerprint density at radius 1 is 0.809 bits per heavy atom. The number of hydrogen-bond acceptors (Lipinski definition) is 12. The Morgan fingerprint density at radius 3 is 2.00 bits per heavy atom. The molecule has 0 amide bonds. The molecule has 0 aromatic heterocycles. The lowest BCUT2D eigenvalue weighted by Gasteiger charge is -2.54. The summed E-state index contributed by atoms with van der Waals surface area (Å²) in [7, 11) is 1.23. The molecular formula is C35H36O12. The largest absolute Gasteiger partial charge is 0.467 e. The van der Waals surface area contributed by atoms with Gasteiger partial charge in [-0.1, -0.05) is 78.9 Å². The molecular weight excluding hydrogens is 612 g/mol. The molecule has 3 aromatic carbocycles. The van der Waals surface area contributed by atoms with Gasteiger partial charge in [0.2, 0.25) is 12.1 Å². The van der Waals surface area contributed by atoms with E-state index in [0.717, 1.165) is 11.1 Å². The van der Waals surface area contributed by atoms with Crippen LogP contribution in [0.2, 0.25) is 0 Å². The fourth-order valence-corrected chi connectivity index (χ4v) is 6.12. The molecule has 0 radical (unpaired) electrons. The van der Waals surface area contributed by atoms with Gasteiger partial charge >= 0.3 is 17.9 Å². The molecule has 3 saturated heterocycles. The number of aliphatic hydroxyl groups is 1. The molecule has 3 aliphatic heterocycles. The monoisotopic (exact) mass is 648 g/mol. The number of hydrogen-bond donors (Lipinski definition) is 1. The lowest BCUT2D eigenvalue weighted by Crippen LogP contribution is -2.73. The van der Waals surface area contributed by atoms with Gasteiger partial charge in [-0.2, -0.15) is 0 Å². The van der Waals surface area contributed by atoms with Gasteiger partial charge in [0.05, 0.1) is 32.0 Å². The number of benzene rings is 3. The minimum Gasteiger partial charge on any atom is -0.467 e. The van der Waals surface area contributed by atoms with Gasteiger partial charge in [0, 0.05) is 13.3 Å². The lowest BCUT2D eigenvalue weighted by molar-refractivity contribution is -0.406. The topological polar surface area (TPSA) is 145 Å². The summed E-state index contributed by atoms with van der Waals surface area (Å²) in [5.41, 5.74) is 1.85. The number of carbonyl (C=O) groups excluding carboxylic acids is 3. The van der Waals surface area contributed by atoms with Crippen molar-refractivity contribution in [2.75, 3.05) is 7.11 Å². The van der Waals surface area contributed by atoms with Gasteiger partial charge in [-0.25, -0.2) is 9.59 Å². The summed E-state index contributed by atoms with van der Waals surface area (Å²) in [4.78, 5) is 38.3. The van der Waals surface area contributed by atoms with E-state index in [9.17, 15) is 19.5 Å². The molecule has 1 N–H and O–H groups in total. The summed E-state index contributed by atoms with van der Waals surface area (Å²) < 4.78 is 47.5. The summed E-state index contributed by atoms with van der Waals surface area (Å²) in [5.74, 6) is -4.36. The van der Waals surface area contributed by atoms with Crippen LogP contribution in [0, 0.1) is 0 Å². The molecule has 12 heteroatoms. The van der Waals surface area contributed by atoms with E-state index in [1.54, 1.807) is 30.3 Å². The van der Waals surface area contributed by atoms with Gasteiger partial charge in [0.15, 0.2) is 12.2 Å². The van der Waals surface area contributed by atoms with Crippen molar-refractivity contribution in [3.05, 3.63) is 108 Å². The minimum absolute atomic E-state index is 0.0239. The van der Waals surface area contributed by atoms with E-state index in [4.69, 9.17) is 37.9 Å². The Kier molecular flexibility index (Phi) is 9.97. The highest BCUT2D eigenvalue weighted by atomic mass is 16.8. The van der Waals surface area contributed by atoms with Crippen LogP contribution in [0.5, 0.6) is 0 Å². The summed E-state index contributed by atoms with van der Waals surface area (Å²) in [6, 6.07) is 26.8. The average Bonchev–Trinajstić information content (AvgIpc) is 3.39. The van der Waals surface area contributed by atoms with Gasteiger partial charge in [0.25, 0.3) is 0 Å². The Morgan fingerprint density at radius 2 is 1.40 bits per heavy atom. The molecule has 0 bridgehead atoms. The quantitative estimate of drug-likeness (QED) is 0.255. The standard InChI is InChI=1S/C35H36O12/c1-21(36)43-34-30(46-32(37)24-16-10-5-11-17-24)27-25(44-34)18-26-35(39,47-27)31(42-20-23-14-8-4-9-15-23)28(29(45-26)33(38)40-2)41-19-22-12-6-3-7-13-22/h3-17,25-31,34,39H,18-20H2,1-2H3/t25-,26-,27+,28-,29+,30+,31+,34+,35-/m1/s1. The molecule has 3 aliphatic rings. The second-order valence-corrected chi connectivity index (χ2v) is 11.5. The first kappa shape index (κ1) is 32.8. The number of ether oxygens (including phenoxy) is 8. The first-order chi connectivity index (χ1) is 22.8. The third-order valence-corrected chi connectivity index (χ3v) is 8.34. The Hall–Kier alpha value is -4.17. The number of methoxy groups -OCH3 is 1. The van der Waals surface area contributed by atoms with E-state index >= 15 is 0 Å². The molecule has 9 atom stereocenters. The van der Waals surface area contributed by atoms with Crippen molar-refractivity contribution < 1.29 is 57.4 Å². The van der Waals surface area contributed by atoms with Crippen molar-refractivity contribution in [3.63, 3.8) is 0 Å². The second-order valence-electron chi connectivity index (χ2n) is 11.5. The van der Waals surface area contributed by atoms with Gasteiger partial charge in [-0.15, -0.1) is 0 Å². The van der Waals surface area contributed by atoms with Crippen LogP contribution < -0.4 is 0 Å². The van der Waals surface area contributed by atoms with Crippen molar-refractivity contribution in [3.8, 4) is 0 Å². The zero-order valence-electron chi connectivity index (χ0n) is 25.8. The second kappa shape index (κ2) is 14.3. The van der Waals surface area contributed by atoms with E-state index in [-0.39, 0.29) is 25.2 Å². The molecule has 6 rings (SSSR count). The SMILES string of the molecule is COC(=O)[C@H]1O[C@@H]2C[C@H]3O[C@H](OC(C)=O)[C@@H](OC(=O)c4ccccc4)[C@H]3O[C@@]2(O)[C@@H](OCc2ccccc2)[C@@H]1OCc1ccccc1. The van der Waals surface area contributed by atoms with Crippen LogP contribution in [0.3, 0.4) is 0 Å². The van der Waals surface area contributed by atoms with Crippen LogP contribution in [-0.2, 0) is 60.7 Å². The van der Waals surface area contributed by atoms with Gasteiger partial charge in [0.1, 0.15) is 24.4 Å². The third kappa shape index (κ3) is 7.08. The smallest absolute Gasteiger partial charge is 0.338 e. The van der Waals surface area contributed by atoms with Crippen molar-refractivity contribution in [1.29, 1.82) is 0 Å². The summed E-state index contributed by atoms with van der Waals surface area (Å²) in [6.45, 7) is 1.27. The molecule has 47 heavy (non-hydrogen) atoms. The maximum absolute atomic E-state index is 13.2. The van der Waals surface area contributed by atoms with Crippen LogP contribution in [0.15, 0.2) is 91.0 Å². The van der Waals surface area contributed by atoms with Crippen LogP contribution in [0.25, 0.3) is 0 Å². The number of esters is 3. The number of carbonyl (C=O) groups is 3. The molecule has 248 valence electrons. The molecule has 3 aromatic rings. The predicted molar refractivity (Wildman–Crippen MR) is 161 cm³/mol. The minimum atomic E-state index is -2.24. The highest BCUT2D eigenvalue weighted by Crippen LogP contribution is 2.46. The van der Waals surface area contributed by atoms with E-state index in [2.05, 4.69) is 0 Å². The fourth-order valence-electron chi connectivity index (χ4n) is 6.12. The van der Waals surface area contributed by atoms with Crippen LogP contribution in [0.1, 0.15) is 34.8 Å². The zero-order valence-corrected chi connectivity index (χ0v) is 25.8. The maximum Gasteiger partial charge on any atom is 0.338 e. The zero-order chi connectivity index (χ0) is 33.0. The highest BCUT2D eigenvalue weighted by molar-refractivity contribution is 5.89. The van der Waals surface area contributed by atoms with Crippen molar-refractivity contribution in [2.24, 2.45) is 0 Å². The Bertz CT molecular complexity index is 1520. The summed E-state index contributed by atoms with van der Waals surface area (Å²) in [6.07, 6.45) is -9.66. The van der Waals surface area contributed by atoms with Gasteiger partial charge < -0.3 is 43.0 Å². The Balaban J connectivity index is 1.34. The van der Waals surface area contributed by atoms with Crippen LogP contribution in [-0.4, -0.2) is 84.9 Å². The van der Waals surface area contributed by atoms with Gasteiger partial charge in [-0.05, 0) is 23.3 Å². The number of rotatable bonds is 10. The fraction of sp³-hybridized carbons (Fsp3) is 0.400. The van der Waals surface area contributed by atoms with Crippen LogP contribution in [0.4, 0.5) is 0 Å². The first-order valence-corrected chi connectivity index (χ1v) is 15.3. The molecule has 0 unspecified atom stereocenters. The third-order valence-electron chi connectivity index (χ3n) is 8.34. The van der Waals surface area contributed by atoms with Crippen LogP contribution >= 0.6 is 0 Å². The molecule has 3 heterocycles. The molecule has 0 spiro atoms. The van der Waals surface area contributed by atoms with E-state index in [1.807, 2.05) is 60.7 Å². The average molecular weight is 649 g/mol. The number of fused-ring (bicyclic) bond motifs is 2. The molecule has 0 aliphatic carbocycles. The summed E-state index contributed by atoms with van der Waals surface area (Å²) >= 11 is 0. The van der Waals surface area contributed by atoms with E-state index in [0.29, 0.717) is 0 Å². The van der Waals surface area contributed by atoms with E-state index < -0.39 is 72.7 Å². The summed E-state index contributed by atoms with van der Waals surface area (Å²) in [5, 5.41) is 12.4. The Labute approximate surface area is 271 Å². The van der Waals surface area contributed by atoms with Crippen molar-refractivity contribution >= 4 is 17.9 Å². The van der Waals surface area contributed by atoms with Crippen molar-refractivity contribution in [2.45, 2.75) is 81.4 Å². The highest BCUT2D eigenvalue weighted by Gasteiger charge is 2.67. The van der Waals surface area contributed by atoms with E-state index in [1.165, 1.54) is 14.0 Å². The van der Waals surface area contributed by atoms with Gasteiger partial charge in [-0.3, -0.25) is 4.79 Å². The lowest BCUT2D eigenvalue weighted by atomic mass is 9.84. The van der Waals surface area contributed by atoms with Crippen molar-refractivity contribution in [1.82, 2.24) is 0 Å².